The largest absolute Gasteiger partial charge is 0.465 e. The summed E-state index contributed by atoms with van der Waals surface area (Å²) in [6.07, 6.45) is 3.21. The van der Waals surface area contributed by atoms with Crippen molar-refractivity contribution in [2.24, 2.45) is 5.41 Å². The summed E-state index contributed by atoms with van der Waals surface area (Å²) in [4.78, 5) is 16.6. The highest BCUT2D eigenvalue weighted by Gasteiger charge is 2.32. The fraction of sp³-hybridized carbons (Fsp3) is 0.353. The van der Waals surface area contributed by atoms with E-state index in [1.807, 2.05) is 19.9 Å². The molecule has 1 saturated heterocycles. The summed E-state index contributed by atoms with van der Waals surface area (Å²) in [5.74, 6) is 5.89. The van der Waals surface area contributed by atoms with Crippen molar-refractivity contribution >= 4 is 6.09 Å². The van der Waals surface area contributed by atoms with Crippen LogP contribution in [0.5, 0.6) is 0 Å². The van der Waals surface area contributed by atoms with Crippen molar-refractivity contribution in [1.82, 2.24) is 9.88 Å². The van der Waals surface area contributed by atoms with Crippen LogP contribution in [-0.2, 0) is 0 Å². The van der Waals surface area contributed by atoms with E-state index in [0.717, 1.165) is 5.57 Å². The summed E-state index contributed by atoms with van der Waals surface area (Å²) < 4.78 is 0. The summed E-state index contributed by atoms with van der Waals surface area (Å²) in [6.45, 7) is 5.00. The van der Waals surface area contributed by atoms with Crippen LogP contribution in [0.4, 0.5) is 4.79 Å². The van der Waals surface area contributed by atoms with E-state index in [2.05, 4.69) is 22.9 Å². The molecule has 0 unspecified atom stereocenters. The van der Waals surface area contributed by atoms with Gasteiger partial charge in [0.05, 0.1) is 11.6 Å². The summed E-state index contributed by atoms with van der Waals surface area (Å²) in [7, 11) is 0. The lowest BCUT2D eigenvalue weighted by molar-refractivity contribution is 0.117. The molecular weight excluding hydrogens is 278 g/mol. The van der Waals surface area contributed by atoms with Gasteiger partial charge in [0, 0.05) is 24.7 Å². The topological polar surface area (TPSA) is 77.2 Å². The van der Waals surface area contributed by atoms with Gasteiger partial charge in [-0.1, -0.05) is 25.3 Å². The summed E-state index contributed by atoms with van der Waals surface area (Å²) in [5.41, 5.74) is 1.99. The first-order valence-corrected chi connectivity index (χ1v) is 6.97. The minimum Gasteiger partial charge on any atom is -0.465 e. The van der Waals surface area contributed by atoms with Crippen LogP contribution in [0.1, 0.15) is 31.5 Å². The maximum absolute atomic E-state index is 11.1. The first-order chi connectivity index (χ1) is 10.4. The third-order valence-electron chi connectivity index (χ3n) is 3.71. The number of likely N-dealkylation sites (tertiary alicyclic amines) is 1. The molecule has 22 heavy (non-hydrogen) atoms. The maximum atomic E-state index is 11.1. The quantitative estimate of drug-likeness (QED) is 0.746. The second kappa shape index (κ2) is 6.32. The third-order valence-corrected chi connectivity index (χ3v) is 3.71. The number of piperidine rings is 1. The van der Waals surface area contributed by atoms with Gasteiger partial charge in [-0.05, 0) is 30.6 Å². The van der Waals surface area contributed by atoms with Crippen LogP contribution in [0.25, 0.3) is 0 Å². The molecule has 0 saturated carbocycles. The zero-order valence-electron chi connectivity index (χ0n) is 12.6. The van der Waals surface area contributed by atoms with Crippen molar-refractivity contribution < 1.29 is 9.90 Å². The number of rotatable bonds is 0. The van der Waals surface area contributed by atoms with Crippen molar-refractivity contribution in [3.8, 4) is 17.9 Å². The predicted molar refractivity (Wildman–Crippen MR) is 81.9 cm³/mol. The Morgan fingerprint density at radius 2 is 2.32 bits per heavy atom. The van der Waals surface area contributed by atoms with Crippen molar-refractivity contribution in [2.45, 2.75) is 20.3 Å². The lowest BCUT2D eigenvalue weighted by Gasteiger charge is -2.38. The van der Waals surface area contributed by atoms with Crippen LogP contribution in [-0.4, -0.2) is 34.2 Å². The molecule has 0 spiro atoms. The fourth-order valence-electron chi connectivity index (χ4n) is 2.45. The molecular formula is C17H17N3O2. The van der Waals surface area contributed by atoms with Gasteiger partial charge in [-0.3, -0.25) is 0 Å². The first kappa shape index (κ1) is 15.6. The van der Waals surface area contributed by atoms with E-state index in [9.17, 15) is 4.79 Å². The van der Waals surface area contributed by atoms with Gasteiger partial charge in [0.25, 0.3) is 0 Å². The maximum Gasteiger partial charge on any atom is 0.407 e. The van der Waals surface area contributed by atoms with E-state index >= 15 is 0 Å². The van der Waals surface area contributed by atoms with Crippen LogP contribution in [0, 0.1) is 28.6 Å². The van der Waals surface area contributed by atoms with E-state index in [1.54, 1.807) is 18.3 Å². The Balaban J connectivity index is 2.16. The number of nitriles is 1. The van der Waals surface area contributed by atoms with E-state index in [4.69, 9.17) is 10.4 Å². The zero-order valence-corrected chi connectivity index (χ0v) is 12.6. The van der Waals surface area contributed by atoms with Crippen molar-refractivity contribution in [3.63, 3.8) is 0 Å². The monoisotopic (exact) mass is 295 g/mol. The first-order valence-electron chi connectivity index (χ1n) is 6.97. The highest BCUT2D eigenvalue weighted by atomic mass is 16.4. The van der Waals surface area contributed by atoms with E-state index < -0.39 is 6.09 Å². The Morgan fingerprint density at radius 1 is 1.55 bits per heavy atom. The van der Waals surface area contributed by atoms with Gasteiger partial charge in [0.1, 0.15) is 5.69 Å². The molecule has 2 heterocycles. The van der Waals surface area contributed by atoms with Gasteiger partial charge in [0.2, 0.25) is 0 Å². The molecule has 0 bridgehead atoms. The van der Waals surface area contributed by atoms with E-state index in [0.29, 0.717) is 30.8 Å². The Kier molecular flexibility index (Phi) is 4.48. The van der Waals surface area contributed by atoms with Crippen molar-refractivity contribution in [2.75, 3.05) is 13.1 Å². The molecule has 0 radical (unpaired) electrons. The van der Waals surface area contributed by atoms with E-state index in [1.165, 1.54) is 4.90 Å². The molecule has 1 N–H and O–H groups in total. The third kappa shape index (κ3) is 3.65. The Hall–Kier alpha value is -2.79. The minimum absolute atomic E-state index is 0.229. The van der Waals surface area contributed by atoms with Gasteiger partial charge >= 0.3 is 6.09 Å². The molecule has 1 aromatic rings. The second-order valence-electron chi connectivity index (χ2n) is 5.82. The van der Waals surface area contributed by atoms with Gasteiger partial charge in [-0.25, -0.2) is 9.78 Å². The molecule has 5 heteroatoms. The SMILES string of the molecule is CC1(C)CN(C(=O)O)CC/C1=C\C#Cc1cc(C#N)ccn1. The zero-order chi connectivity index (χ0) is 16.2. The normalized spacial score (nSPS) is 18.2. The average molecular weight is 295 g/mol. The predicted octanol–water partition coefficient (Wildman–Crippen LogP) is 2.64. The Morgan fingerprint density at radius 3 is 2.95 bits per heavy atom. The Labute approximate surface area is 129 Å². The molecule has 0 atom stereocenters. The number of allylic oxidation sites excluding steroid dienone is 1. The smallest absolute Gasteiger partial charge is 0.407 e. The molecule has 0 aliphatic carbocycles. The van der Waals surface area contributed by atoms with Gasteiger partial charge < -0.3 is 10.0 Å². The molecule has 5 nitrogen and oxygen atoms in total. The molecule has 1 aliphatic rings. The molecule has 1 aliphatic heterocycles. The van der Waals surface area contributed by atoms with Crippen LogP contribution >= 0.6 is 0 Å². The highest BCUT2D eigenvalue weighted by Crippen LogP contribution is 2.33. The van der Waals surface area contributed by atoms with Crippen LogP contribution in [0.15, 0.2) is 30.0 Å². The number of hydrogen-bond donors (Lipinski definition) is 1. The highest BCUT2D eigenvalue weighted by molar-refractivity contribution is 5.65. The molecule has 2 rings (SSSR count). The van der Waals surface area contributed by atoms with Crippen LogP contribution in [0.3, 0.4) is 0 Å². The second-order valence-corrected chi connectivity index (χ2v) is 5.82. The summed E-state index contributed by atoms with van der Waals surface area (Å²) >= 11 is 0. The number of nitrogens with zero attached hydrogens (tertiary/aromatic N) is 3. The average Bonchev–Trinajstić information content (AvgIpc) is 2.48. The molecule has 1 amide bonds. The lowest BCUT2D eigenvalue weighted by atomic mass is 9.79. The van der Waals surface area contributed by atoms with Crippen LogP contribution < -0.4 is 0 Å². The molecule has 0 aromatic carbocycles. The Bertz CT molecular complexity index is 717. The molecule has 1 fully saturated rings. The fourth-order valence-corrected chi connectivity index (χ4v) is 2.45. The standard InChI is InChI=1S/C17H17N3O2/c1-17(2)12-20(16(21)22)9-7-14(17)4-3-5-15-10-13(11-18)6-8-19-15/h4,6,8,10H,7,9,12H2,1-2H3,(H,21,22)/b14-4+. The number of hydrogen-bond acceptors (Lipinski definition) is 3. The van der Waals surface area contributed by atoms with Crippen LogP contribution in [0.2, 0.25) is 0 Å². The molecule has 1 aromatic heterocycles. The number of carboxylic acid groups (broad SMARTS) is 1. The summed E-state index contributed by atoms with van der Waals surface area (Å²) in [6, 6.07) is 5.33. The number of amides is 1. The van der Waals surface area contributed by atoms with Gasteiger partial charge in [-0.2, -0.15) is 5.26 Å². The number of carbonyl (C=O) groups is 1. The number of pyridine rings is 1. The molecule has 112 valence electrons. The van der Waals surface area contributed by atoms with Crippen molar-refractivity contribution in [3.05, 3.63) is 41.2 Å². The number of aromatic nitrogens is 1. The van der Waals surface area contributed by atoms with Gasteiger partial charge in [-0.15, -0.1) is 0 Å². The minimum atomic E-state index is -0.879. The van der Waals surface area contributed by atoms with Gasteiger partial charge in [0.15, 0.2) is 0 Å². The van der Waals surface area contributed by atoms with E-state index in [-0.39, 0.29) is 5.41 Å². The van der Waals surface area contributed by atoms with Crippen molar-refractivity contribution in [1.29, 1.82) is 5.26 Å². The summed E-state index contributed by atoms with van der Waals surface area (Å²) in [5, 5.41) is 17.9. The lowest BCUT2D eigenvalue weighted by Crippen LogP contribution is -2.44.